The third kappa shape index (κ3) is 6.18. The lowest BCUT2D eigenvalue weighted by molar-refractivity contribution is 0.356. The molecule has 17 heavy (non-hydrogen) atoms. The predicted octanol–water partition coefficient (Wildman–Crippen LogP) is 3.80. The van der Waals surface area contributed by atoms with E-state index in [0.717, 1.165) is 12.5 Å². The van der Waals surface area contributed by atoms with Crippen molar-refractivity contribution >= 4 is 11.3 Å². The normalized spacial score (nSPS) is 13.9. The Balaban J connectivity index is 2.48. The summed E-state index contributed by atoms with van der Waals surface area (Å²) in [7, 11) is 0. The molecule has 1 N–H and O–H groups in total. The average molecular weight is 254 g/mol. The Hall–Kier alpha value is -0.410. The molecule has 1 atom stereocenters. The van der Waals surface area contributed by atoms with Crippen molar-refractivity contribution in [2.75, 3.05) is 6.54 Å². The van der Waals surface area contributed by atoms with E-state index < -0.39 is 0 Å². The molecule has 1 aromatic rings. The van der Waals surface area contributed by atoms with Crippen LogP contribution in [0.15, 0.2) is 6.20 Å². The summed E-state index contributed by atoms with van der Waals surface area (Å²) in [5, 5.41) is 4.80. The molecule has 0 radical (unpaired) electrons. The quantitative estimate of drug-likeness (QED) is 0.835. The first-order valence-electron chi connectivity index (χ1n) is 6.57. The van der Waals surface area contributed by atoms with Crippen LogP contribution in [0.25, 0.3) is 0 Å². The molecule has 1 rings (SSSR count). The number of rotatable bonds is 6. The zero-order valence-electron chi connectivity index (χ0n) is 11.8. The molecule has 3 heteroatoms. The molecule has 0 aliphatic rings. The molecule has 0 saturated heterocycles. The van der Waals surface area contributed by atoms with Crippen LogP contribution in [0.3, 0.4) is 0 Å². The van der Waals surface area contributed by atoms with Crippen LogP contribution in [0.4, 0.5) is 0 Å². The SMILES string of the molecule is CCCC(CNC(C)(C)C)Cc1cnc(C)s1. The molecule has 1 aromatic heterocycles. The Morgan fingerprint density at radius 3 is 2.59 bits per heavy atom. The van der Waals surface area contributed by atoms with Crippen LogP contribution in [0.5, 0.6) is 0 Å². The summed E-state index contributed by atoms with van der Waals surface area (Å²) in [6.07, 6.45) is 5.76. The minimum Gasteiger partial charge on any atom is -0.312 e. The first-order chi connectivity index (χ1) is 7.90. The van der Waals surface area contributed by atoms with Crippen LogP contribution in [-0.4, -0.2) is 17.1 Å². The fourth-order valence-electron chi connectivity index (χ4n) is 1.92. The second-order valence-corrected chi connectivity index (χ2v) is 7.15. The fourth-order valence-corrected chi connectivity index (χ4v) is 2.83. The van der Waals surface area contributed by atoms with Gasteiger partial charge in [0.25, 0.3) is 0 Å². The number of nitrogens with one attached hydrogen (secondary N) is 1. The van der Waals surface area contributed by atoms with Gasteiger partial charge in [0.1, 0.15) is 0 Å². The van der Waals surface area contributed by atoms with Crippen LogP contribution < -0.4 is 5.32 Å². The van der Waals surface area contributed by atoms with Gasteiger partial charge < -0.3 is 5.32 Å². The van der Waals surface area contributed by atoms with Crippen molar-refractivity contribution in [3.8, 4) is 0 Å². The minimum atomic E-state index is 0.218. The van der Waals surface area contributed by atoms with E-state index in [2.05, 4.69) is 44.9 Å². The third-order valence-electron chi connectivity index (χ3n) is 2.78. The molecule has 0 aliphatic heterocycles. The van der Waals surface area contributed by atoms with Gasteiger partial charge >= 0.3 is 0 Å². The number of aromatic nitrogens is 1. The standard InChI is InChI=1S/C14H26N2S/c1-6-7-12(9-16-14(3,4)5)8-13-10-15-11(2)17-13/h10,12,16H,6-9H2,1-5H3. The van der Waals surface area contributed by atoms with E-state index in [1.807, 2.05) is 17.5 Å². The highest BCUT2D eigenvalue weighted by molar-refractivity contribution is 7.11. The Labute approximate surface area is 110 Å². The van der Waals surface area contributed by atoms with Gasteiger partial charge in [-0.1, -0.05) is 13.3 Å². The zero-order valence-corrected chi connectivity index (χ0v) is 12.7. The van der Waals surface area contributed by atoms with Gasteiger partial charge in [0.15, 0.2) is 0 Å². The van der Waals surface area contributed by atoms with Crippen molar-refractivity contribution in [1.82, 2.24) is 10.3 Å². The number of thiazole rings is 1. The molecule has 0 spiro atoms. The lowest BCUT2D eigenvalue weighted by atomic mass is 9.97. The first kappa shape index (κ1) is 14.7. The summed E-state index contributed by atoms with van der Waals surface area (Å²) in [5.41, 5.74) is 0.218. The van der Waals surface area contributed by atoms with Crippen molar-refractivity contribution in [2.24, 2.45) is 5.92 Å². The molecular formula is C14H26N2S. The minimum absolute atomic E-state index is 0.218. The van der Waals surface area contributed by atoms with E-state index in [-0.39, 0.29) is 5.54 Å². The number of nitrogens with zero attached hydrogens (tertiary/aromatic N) is 1. The molecule has 0 saturated carbocycles. The summed E-state index contributed by atoms with van der Waals surface area (Å²) >= 11 is 1.84. The summed E-state index contributed by atoms with van der Waals surface area (Å²) in [4.78, 5) is 5.76. The maximum atomic E-state index is 4.34. The van der Waals surface area contributed by atoms with E-state index in [0.29, 0.717) is 0 Å². The van der Waals surface area contributed by atoms with Gasteiger partial charge in [-0.15, -0.1) is 11.3 Å². The van der Waals surface area contributed by atoms with Crippen molar-refractivity contribution < 1.29 is 0 Å². The molecule has 0 amide bonds. The number of hydrogen-bond donors (Lipinski definition) is 1. The topological polar surface area (TPSA) is 24.9 Å². The zero-order chi connectivity index (χ0) is 12.9. The van der Waals surface area contributed by atoms with Gasteiger partial charge in [-0.2, -0.15) is 0 Å². The largest absolute Gasteiger partial charge is 0.312 e. The third-order valence-corrected chi connectivity index (χ3v) is 3.71. The van der Waals surface area contributed by atoms with Crippen LogP contribution in [0.1, 0.15) is 50.4 Å². The summed E-state index contributed by atoms with van der Waals surface area (Å²) in [6.45, 7) is 12.1. The molecule has 0 aromatic carbocycles. The van der Waals surface area contributed by atoms with Crippen LogP contribution >= 0.6 is 11.3 Å². The van der Waals surface area contributed by atoms with E-state index in [9.17, 15) is 0 Å². The number of aryl methyl sites for hydroxylation is 1. The molecule has 0 fully saturated rings. The van der Waals surface area contributed by atoms with E-state index in [4.69, 9.17) is 0 Å². The van der Waals surface area contributed by atoms with Crippen LogP contribution in [0.2, 0.25) is 0 Å². The lowest BCUT2D eigenvalue weighted by Gasteiger charge is -2.25. The van der Waals surface area contributed by atoms with Gasteiger partial charge in [-0.25, -0.2) is 4.98 Å². The highest BCUT2D eigenvalue weighted by Gasteiger charge is 2.15. The van der Waals surface area contributed by atoms with Gasteiger partial charge in [0.05, 0.1) is 5.01 Å². The van der Waals surface area contributed by atoms with Gasteiger partial charge in [-0.05, 0) is 53.0 Å². The molecule has 1 heterocycles. The smallest absolute Gasteiger partial charge is 0.0896 e. The monoisotopic (exact) mass is 254 g/mol. The lowest BCUT2D eigenvalue weighted by Crippen LogP contribution is -2.39. The highest BCUT2D eigenvalue weighted by atomic mass is 32.1. The predicted molar refractivity (Wildman–Crippen MR) is 76.7 cm³/mol. The molecule has 0 aliphatic carbocycles. The summed E-state index contributed by atoms with van der Waals surface area (Å²) < 4.78 is 0. The van der Waals surface area contributed by atoms with E-state index >= 15 is 0 Å². The van der Waals surface area contributed by atoms with Gasteiger partial charge in [0, 0.05) is 16.6 Å². The van der Waals surface area contributed by atoms with Gasteiger partial charge in [0.2, 0.25) is 0 Å². The van der Waals surface area contributed by atoms with Crippen molar-refractivity contribution in [1.29, 1.82) is 0 Å². The molecular weight excluding hydrogens is 228 g/mol. The summed E-state index contributed by atoms with van der Waals surface area (Å²) in [6, 6.07) is 0. The molecule has 98 valence electrons. The van der Waals surface area contributed by atoms with Gasteiger partial charge in [-0.3, -0.25) is 0 Å². The molecule has 1 unspecified atom stereocenters. The van der Waals surface area contributed by atoms with E-state index in [1.54, 1.807) is 0 Å². The second kappa shape index (κ2) is 6.50. The second-order valence-electron chi connectivity index (χ2n) is 5.84. The highest BCUT2D eigenvalue weighted by Crippen LogP contribution is 2.19. The first-order valence-corrected chi connectivity index (χ1v) is 7.38. The maximum Gasteiger partial charge on any atom is 0.0896 e. The fraction of sp³-hybridized carbons (Fsp3) is 0.786. The van der Waals surface area contributed by atoms with Crippen LogP contribution in [0, 0.1) is 12.8 Å². The number of hydrogen-bond acceptors (Lipinski definition) is 3. The van der Waals surface area contributed by atoms with Crippen molar-refractivity contribution in [3.05, 3.63) is 16.1 Å². The maximum absolute atomic E-state index is 4.34. The molecule has 2 nitrogen and oxygen atoms in total. The Bertz CT molecular complexity index is 325. The Morgan fingerprint density at radius 2 is 2.12 bits per heavy atom. The molecule has 0 bridgehead atoms. The van der Waals surface area contributed by atoms with Crippen molar-refractivity contribution in [3.63, 3.8) is 0 Å². The van der Waals surface area contributed by atoms with Crippen LogP contribution in [-0.2, 0) is 6.42 Å². The van der Waals surface area contributed by atoms with Crippen molar-refractivity contribution in [2.45, 2.75) is 59.4 Å². The average Bonchev–Trinajstić information content (AvgIpc) is 2.60. The Kier molecular flexibility index (Phi) is 5.60. The Morgan fingerprint density at radius 1 is 1.41 bits per heavy atom. The summed E-state index contributed by atoms with van der Waals surface area (Å²) in [5.74, 6) is 0.735. The van der Waals surface area contributed by atoms with E-state index in [1.165, 1.54) is 29.1 Å².